The number of nitrogens with one attached hydrogen (secondary N) is 1. The van der Waals surface area contributed by atoms with Crippen molar-refractivity contribution in [2.24, 2.45) is 0 Å². The molecule has 2 rings (SSSR count). The molecule has 3 heteroatoms. The van der Waals surface area contributed by atoms with Crippen LogP contribution in [0.2, 0.25) is 0 Å². The summed E-state index contributed by atoms with van der Waals surface area (Å²) in [6.07, 6.45) is 0.130. The molecule has 1 heterocycles. The van der Waals surface area contributed by atoms with Crippen LogP contribution in [-0.4, -0.2) is 31.4 Å². The Morgan fingerprint density at radius 1 is 1.25 bits per heavy atom. The van der Waals surface area contributed by atoms with Crippen LogP contribution in [0.5, 0.6) is 5.75 Å². The first-order valence-electron chi connectivity index (χ1n) is 7.36. The van der Waals surface area contributed by atoms with Gasteiger partial charge in [-0.15, -0.1) is 0 Å². The molecule has 0 spiro atoms. The van der Waals surface area contributed by atoms with Gasteiger partial charge in [-0.1, -0.05) is 32.9 Å². The summed E-state index contributed by atoms with van der Waals surface area (Å²) in [6, 6.07) is 8.36. The second kappa shape index (κ2) is 5.74. The van der Waals surface area contributed by atoms with Crippen LogP contribution in [0.3, 0.4) is 0 Å². The molecule has 0 bridgehead atoms. The molecule has 3 nitrogen and oxygen atoms in total. The first-order chi connectivity index (χ1) is 9.26. The zero-order valence-electron chi connectivity index (χ0n) is 13.3. The van der Waals surface area contributed by atoms with E-state index in [1.165, 1.54) is 5.56 Å². The Bertz CT molecular complexity index is 421. The molecule has 1 saturated heterocycles. The minimum atomic E-state index is 0.0743. The summed E-state index contributed by atoms with van der Waals surface area (Å²) in [5.41, 5.74) is 1.58. The molecule has 1 N–H and O–H groups in total. The van der Waals surface area contributed by atoms with Gasteiger partial charge in [0.05, 0.1) is 6.61 Å². The monoisotopic (exact) mass is 277 g/mol. The van der Waals surface area contributed by atoms with Gasteiger partial charge in [0.15, 0.2) is 0 Å². The minimum Gasteiger partial charge on any atom is -0.491 e. The second-order valence-electron chi connectivity index (χ2n) is 7.28. The van der Waals surface area contributed by atoms with Gasteiger partial charge in [0.2, 0.25) is 0 Å². The quantitative estimate of drug-likeness (QED) is 0.921. The number of hydrogen-bond acceptors (Lipinski definition) is 3. The van der Waals surface area contributed by atoms with Gasteiger partial charge in [-0.2, -0.15) is 0 Å². The first kappa shape index (κ1) is 15.3. The van der Waals surface area contributed by atoms with Crippen LogP contribution in [0.25, 0.3) is 0 Å². The number of benzene rings is 1. The molecule has 0 saturated carbocycles. The normalized spacial score (nSPS) is 22.6. The Morgan fingerprint density at radius 2 is 1.90 bits per heavy atom. The molecule has 1 unspecified atom stereocenters. The molecule has 0 aromatic heterocycles. The van der Waals surface area contributed by atoms with Crippen molar-refractivity contribution in [1.29, 1.82) is 0 Å². The third-order valence-corrected chi connectivity index (χ3v) is 3.64. The third kappa shape index (κ3) is 4.22. The Balaban J connectivity index is 1.83. The largest absolute Gasteiger partial charge is 0.491 e. The van der Waals surface area contributed by atoms with Crippen LogP contribution in [0.4, 0.5) is 0 Å². The highest BCUT2D eigenvalue weighted by atomic mass is 16.5. The van der Waals surface area contributed by atoms with Crippen molar-refractivity contribution >= 4 is 0 Å². The van der Waals surface area contributed by atoms with E-state index in [2.05, 4.69) is 52.1 Å². The minimum absolute atomic E-state index is 0.0743. The van der Waals surface area contributed by atoms with Crippen molar-refractivity contribution in [3.8, 4) is 5.75 Å². The van der Waals surface area contributed by atoms with Crippen LogP contribution >= 0.6 is 0 Å². The second-order valence-corrected chi connectivity index (χ2v) is 7.28. The van der Waals surface area contributed by atoms with Gasteiger partial charge in [0, 0.05) is 12.1 Å². The summed E-state index contributed by atoms with van der Waals surface area (Å²) in [5, 5.41) is 3.47. The lowest BCUT2D eigenvalue weighted by molar-refractivity contribution is -0.0412. The van der Waals surface area contributed by atoms with Gasteiger partial charge >= 0.3 is 0 Å². The van der Waals surface area contributed by atoms with E-state index in [0.717, 1.165) is 18.9 Å². The summed E-state index contributed by atoms with van der Waals surface area (Å²) in [4.78, 5) is 0. The van der Waals surface area contributed by atoms with Crippen molar-refractivity contribution in [1.82, 2.24) is 5.32 Å². The zero-order valence-corrected chi connectivity index (χ0v) is 13.3. The van der Waals surface area contributed by atoms with Crippen LogP contribution in [0.1, 0.15) is 40.2 Å². The van der Waals surface area contributed by atoms with Gasteiger partial charge in [0.1, 0.15) is 18.5 Å². The topological polar surface area (TPSA) is 30.5 Å². The number of rotatable bonds is 3. The Kier molecular flexibility index (Phi) is 4.40. The van der Waals surface area contributed by atoms with Crippen LogP contribution in [-0.2, 0) is 10.2 Å². The lowest BCUT2D eigenvalue weighted by Gasteiger charge is -2.35. The van der Waals surface area contributed by atoms with E-state index in [4.69, 9.17) is 9.47 Å². The summed E-state index contributed by atoms with van der Waals surface area (Å²) in [5.74, 6) is 0.909. The lowest BCUT2D eigenvalue weighted by Crippen LogP contribution is -2.54. The highest BCUT2D eigenvalue weighted by molar-refractivity contribution is 5.31. The van der Waals surface area contributed by atoms with Gasteiger partial charge in [-0.05, 0) is 37.0 Å². The van der Waals surface area contributed by atoms with Crippen LogP contribution in [0.15, 0.2) is 24.3 Å². The molecular weight excluding hydrogens is 250 g/mol. The number of hydrogen-bond donors (Lipinski definition) is 1. The van der Waals surface area contributed by atoms with Crippen LogP contribution < -0.4 is 10.1 Å². The molecular formula is C17H27NO2. The van der Waals surface area contributed by atoms with E-state index < -0.39 is 0 Å². The first-order valence-corrected chi connectivity index (χ1v) is 7.36. The van der Waals surface area contributed by atoms with E-state index >= 15 is 0 Å². The maximum atomic E-state index is 5.82. The van der Waals surface area contributed by atoms with Crippen molar-refractivity contribution in [2.45, 2.75) is 51.7 Å². The smallest absolute Gasteiger partial charge is 0.119 e. The Hall–Kier alpha value is -1.06. The highest BCUT2D eigenvalue weighted by Gasteiger charge is 2.27. The van der Waals surface area contributed by atoms with Crippen molar-refractivity contribution in [3.63, 3.8) is 0 Å². The third-order valence-electron chi connectivity index (χ3n) is 3.64. The molecule has 1 aromatic rings. The molecule has 1 aliphatic rings. The average molecular weight is 277 g/mol. The number of morpholine rings is 1. The number of ether oxygens (including phenoxy) is 2. The van der Waals surface area contributed by atoms with E-state index in [1.807, 2.05) is 12.1 Å². The molecule has 1 fully saturated rings. The molecule has 1 aromatic carbocycles. The fraction of sp³-hybridized carbons (Fsp3) is 0.647. The Morgan fingerprint density at radius 3 is 2.40 bits per heavy atom. The maximum Gasteiger partial charge on any atom is 0.119 e. The van der Waals surface area contributed by atoms with Gasteiger partial charge in [-0.3, -0.25) is 0 Å². The zero-order chi connectivity index (χ0) is 14.8. The average Bonchev–Trinajstić information content (AvgIpc) is 2.37. The SMILES string of the molecule is CC1(C)COC(COc2ccc(C(C)(C)C)cc2)CN1. The Labute approximate surface area is 122 Å². The maximum absolute atomic E-state index is 5.82. The van der Waals surface area contributed by atoms with Crippen molar-refractivity contribution in [2.75, 3.05) is 19.8 Å². The van der Waals surface area contributed by atoms with E-state index in [0.29, 0.717) is 6.61 Å². The summed E-state index contributed by atoms with van der Waals surface area (Å²) in [6.45, 7) is 13.1. The molecule has 1 aliphatic heterocycles. The fourth-order valence-electron chi connectivity index (χ4n) is 2.17. The molecule has 20 heavy (non-hydrogen) atoms. The molecule has 112 valence electrons. The molecule has 0 aliphatic carbocycles. The predicted octanol–water partition coefficient (Wildman–Crippen LogP) is 3.13. The van der Waals surface area contributed by atoms with Gasteiger partial charge in [0.25, 0.3) is 0 Å². The molecule has 0 amide bonds. The van der Waals surface area contributed by atoms with E-state index in [9.17, 15) is 0 Å². The van der Waals surface area contributed by atoms with Crippen molar-refractivity contribution < 1.29 is 9.47 Å². The predicted molar refractivity (Wildman–Crippen MR) is 82.5 cm³/mol. The van der Waals surface area contributed by atoms with E-state index in [-0.39, 0.29) is 17.1 Å². The summed E-state index contributed by atoms with van der Waals surface area (Å²) >= 11 is 0. The lowest BCUT2D eigenvalue weighted by atomic mass is 9.87. The molecule has 0 radical (unpaired) electrons. The summed E-state index contributed by atoms with van der Waals surface area (Å²) in [7, 11) is 0. The highest BCUT2D eigenvalue weighted by Crippen LogP contribution is 2.24. The summed E-state index contributed by atoms with van der Waals surface area (Å²) < 4.78 is 11.6. The van der Waals surface area contributed by atoms with Gasteiger partial charge in [-0.25, -0.2) is 0 Å². The van der Waals surface area contributed by atoms with Gasteiger partial charge < -0.3 is 14.8 Å². The molecule has 1 atom stereocenters. The standard InChI is InChI=1S/C17H27NO2/c1-16(2,3)13-6-8-14(9-7-13)19-11-15-10-18-17(4,5)12-20-15/h6-9,15,18H,10-12H2,1-5H3. The fourth-order valence-corrected chi connectivity index (χ4v) is 2.17. The van der Waals surface area contributed by atoms with Crippen molar-refractivity contribution in [3.05, 3.63) is 29.8 Å². The van der Waals surface area contributed by atoms with Crippen LogP contribution in [0, 0.1) is 0 Å². The van der Waals surface area contributed by atoms with E-state index in [1.54, 1.807) is 0 Å².